The molecule has 0 fully saturated rings. The highest BCUT2D eigenvalue weighted by molar-refractivity contribution is 7.99. The number of hydrogen-bond acceptors (Lipinski definition) is 5. The third kappa shape index (κ3) is 2.50. The summed E-state index contributed by atoms with van der Waals surface area (Å²) in [5.74, 6) is -0.256. The fourth-order valence-electron chi connectivity index (χ4n) is 1.87. The molecule has 0 saturated heterocycles. The lowest BCUT2D eigenvalue weighted by Crippen LogP contribution is -2.05. The molecule has 3 aromatic rings. The van der Waals surface area contributed by atoms with Gasteiger partial charge in [-0.05, 0) is 24.7 Å². The van der Waals surface area contributed by atoms with E-state index in [4.69, 9.17) is 0 Å². The second-order valence-corrected chi connectivity index (χ2v) is 5.21. The van der Waals surface area contributed by atoms with Crippen molar-refractivity contribution in [3.05, 3.63) is 42.2 Å². The Morgan fingerprint density at radius 1 is 1.30 bits per heavy atom. The number of aromatic amines is 1. The lowest BCUT2D eigenvalue weighted by Gasteiger charge is -2.05. The summed E-state index contributed by atoms with van der Waals surface area (Å²) in [5, 5.41) is 3.65. The maximum atomic E-state index is 14.1. The molecule has 0 aliphatic heterocycles. The molecule has 5 nitrogen and oxygen atoms in total. The Kier molecular flexibility index (Phi) is 3.62. The molecule has 3 rings (SSSR count). The molecule has 0 saturated carbocycles. The Balaban J connectivity index is 1.93. The fourth-order valence-corrected chi connectivity index (χ4v) is 2.72. The van der Waals surface area contributed by atoms with Crippen LogP contribution < -0.4 is 5.32 Å². The molecule has 102 valence electrons. The number of imidazole rings is 1. The van der Waals surface area contributed by atoms with Gasteiger partial charge in [0, 0.05) is 11.4 Å². The molecule has 2 aromatic heterocycles. The van der Waals surface area contributed by atoms with Crippen LogP contribution in [0.3, 0.4) is 0 Å². The standard InChI is InChI=1S/C13H12FN5S/c1-15-5-8-2-3-10(9(14)4-8)20-13-11-12(17-6-16-11)18-7-19-13/h2-4,6-7,15H,5H2,1H3,(H,16,17,18,19). The van der Waals surface area contributed by atoms with Crippen LogP contribution in [0, 0.1) is 5.82 Å². The van der Waals surface area contributed by atoms with Crippen molar-refractivity contribution in [3.8, 4) is 0 Å². The number of H-pyrrole nitrogens is 1. The monoisotopic (exact) mass is 289 g/mol. The molecule has 0 radical (unpaired) electrons. The van der Waals surface area contributed by atoms with Crippen molar-refractivity contribution in [1.82, 2.24) is 25.3 Å². The Labute approximate surface area is 119 Å². The Hall–Kier alpha value is -1.99. The number of halogens is 1. The normalized spacial score (nSPS) is 11.1. The topological polar surface area (TPSA) is 66.5 Å². The van der Waals surface area contributed by atoms with E-state index >= 15 is 0 Å². The van der Waals surface area contributed by atoms with Crippen LogP contribution in [-0.2, 0) is 6.54 Å². The van der Waals surface area contributed by atoms with Crippen molar-refractivity contribution < 1.29 is 4.39 Å². The van der Waals surface area contributed by atoms with Crippen LogP contribution in [0.15, 0.2) is 40.8 Å². The predicted molar refractivity (Wildman–Crippen MR) is 75.0 cm³/mol. The van der Waals surface area contributed by atoms with E-state index in [1.807, 2.05) is 13.1 Å². The van der Waals surface area contributed by atoms with Crippen molar-refractivity contribution in [2.24, 2.45) is 0 Å². The van der Waals surface area contributed by atoms with Crippen molar-refractivity contribution in [3.63, 3.8) is 0 Å². The van der Waals surface area contributed by atoms with E-state index in [0.717, 1.165) is 11.1 Å². The predicted octanol–water partition coefficient (Wildman–Crippen LogP) is 2.36. The second kappa shape index (κ2) is 5.56. The molecule has 20 heavy (non-hydrogen) atoms. The van der Waals surface area contributed by atoms with Gasteiger partial charge in [0.15, 0.2) is 5.65 Å². The lowest BCUT2D eigenvalue weighted by molar-refractivity contribution is 0.598. The molecule has 1 aromatic carbocycles. The SMILES string of the molecule is CNCc1ccc(Sc2ncnc3nc[nH]c23)c(F)c1. The molecule has 7 heteroatoms. The molecular weight excluding hydrogens is 277 g/mol. The molecule has 0 unspecified atom stereocenters. The fraction of sp³-hybridized carbons (Fsp3) is 0.154. The average molecular weight is 289 g/mol. The van der Waals surface area contributed by atoms with Crippen LogP contribution in [0.4, 0.5) is 4.39 Å². The highest BCUT2D eigenvalue weighted by Gasteiger charge is 2.11. The van der Waals surface area contributed by atoms with Gasteiger partial charge in [0.05, 0.1) is 6.33 Å². The van der Waals surface area contributed by atoms with E-state index in [2.05, 4.69) is 25.3 Å². The van der Waals surface area contributed by atoms with E-state index in [-0.39, 0.29) is 5.82 Å². The minimum absolute atomic E-state index is 0.256. The molecule has 0 spiro atoms. The minimum atomic E-state index is -0.256. The van der Waals surface area contributed by atoms with Crippen molar-refractivity contribution in [1.29, 1.82) is 0 Å². The summed E-state index contributed by atoms with van der Waals surface area (Å²) < 4.78 is 14.1. The molecule has 0 aliphatic carbocycles. The number of nitrogens with one attached hydrogen (secondary N) is 2. The van der Waals surface area contributed by atoms with E-state index in [1.165, 1.54) is 24.2 Å². The Bertz CT molecular complexity index is 742. The summed E-state index contributed by atoms with van der Waals surface area (Å²) in [6.45, 7) is 0.639. The van der Waals surface area contributed by atoms with Gasteiger partial charge in [0.2, 0.25) is 0 Å². The highest BCUT2D eigenvalue weighted by atomic mass is 32.2. The first-order valence-electron chi connectivity index (χ1n) is 6.03. The minimum Gasteiger partial charge on any atom is -0.341 e. The van der Waals surface area contributed by atoms with Crippen LogP contribution in [0.5, 0.6) is 0 Å². The van der Waals surface area contributed by atoms with Gasteiger partial charge in [-0.25, -0.2) is 19.3 Å². The van der Waals surface area contributed by atoms with Gasteiger partial charge in [-0.2, -0.15) is 0 Å². The number of hydrogen-bond donors (Lipinski definition) is 2. The summed E-state index contributed by atoms with van der Waals surface area (Å²) in [6.07, 6.45) is 2.98. The molecule has 0 amide bonds. The highest BCUT2D eigenvalue weighted by Crippen LogP contribution is 2.31. The first-order chi connectivity index (χ1) is 9.78. The first-order valence-corrected chi connectivity index (χ1v) is 6.84. The van der Waals surface area contributed by atoms with E-state index in [0.29, 0.717) is 22.1 Å². The maximum absolute atomic E-state index is 14.1. The summed E-state index contributed by atoms with van der Waals surface area (Å²) in [4.78, 5) is 15.8. The van der Waals surface area contributed by atoms with Crippen molar-refractivity contribution in [2.75, 3.05) is 7.05 Å². The first kappa shape index (κ1) is 13.0. The van der Waals surface area contributed by atoms with Gasteiger partial charge in [-0.1, -0.05) is 17.8 Å². The van der Waals surface area contributed by atoms with Crippen LogP contribution in [0.2, 0.25) is 0 Å². The number of rotatable bonds is 4. The molecule has 0 atom stereocenters. The quantitative estimate of drug-likeness (QED) is 0.722. The van der Waals surface area contributed by atoms with E-state index in [1.54, 1.807) is 12.4 Å². The summed E-state index contributed by atoms with van der Waals surface area (Å²) in [5.41, 5.74) is 2.20. The molecule has 2 heterocycles. The number of benzene rings is 1. The zero-order valence-corrected chi connectivity index (χ0v) is 11.5. The third-order valence-corrected chi connectivity index (χ3v) is 3.83. The summed E-state index contributed by atoms with van der Waals surface area (Å²) in [7, 11) is 1.83. The van der Waals surface area contributed by atoms with Crippen LogP contribution in [0.1, 0.15) is 5.56 Å². The number of nitrogens with zero attached hydrogens (tertiary/aromatic N) is 3. The van der Waals surface area contributed by atoms with Gasteiger partial charge in [-0.15, -0.1) is 0 Å². The summed E-state index contributed by atoms with van der Waals surface area (Å²) in [6, 6.07) is 5.19. The molecule has 2 N–H and O–H groups in total. The Morgan fingerprint density at radius 2 is 2.20 bits per heavy atom. The maximum Gasteiger partial charge on any atom is 0.181 e. The average Bonchev–Trinajstić information content (AvgIpc) is 2.91. The van der Waals surface area contributed by atoms with Gasteiger partial charge in [0.1, 0.15) is 22.7 Å². The number of fused-ring (bicyclic) bond motifs is 1. The van der Waals surface area contributed by atoms with Gasteiger partial charge < -0.3 is 10.3 Å². The van der Waals surface area contributed by atoms with Crippen LogP contribution >= 0.6 is 11.8 Å². The largest absolute Gasteiger partial charge is 0.341 e. The van der Waals surface area contributed by atoms with E-state index in [9.17, 15) is 4.39 Å². The molecular formula is C13H12FN5S. The van der Waals surface area contributed by atoms with Crippen molar-refractivity contribution in [2.45, 2.75) is 16.5 Å². The molecule has 0 aliphatic rings. The summed E-state index contributed by atoms with van der Waals surface area (Å²) >= 11 is 1.26. The van der Waals surface area contributed by atoms with Crippen LogP contribution in [-0.4, -0.2) is 27.0 Å². The molecule has 0 bridgehead atoms. The zero-order valence-electron chi connectivity index (χ0n) is 10.7. The second-order valence-electron chi connectivity index (χ2n) is 4.18. The smallest absolute Gasteiger partial charge is 0.181 e. The van der Waals surface area contributed by atoms with Gasteiger partial charge in [0.25, 0.3) is 0 Å². The van der Waals surface area contributed by atoms with Crippen molar-refractivity contribution >= 4 is 22.9 Å². The zero-order chi connectivity index (χ0) is 13.9. The van der Waals surface area contributed by atoms with Gasteiger partial charge in [-0.3, -0.25) is 0 Å². The number of aromatic nitrogens is 4. The van der Waals surface area contributed by atoms with E-state index < -0.39 is 0 Å². The van der Waals surface area contributed by atoms with Gasteiger partial charge >= 0.3 is 0 Å². The van der Waals surface area contributed by atoms with Crippen LogP contribution in [0.25, 0.3) is 11.2 Å². The lowest BCUT2D eigenvalue weighted by atomic mass is 10.2. The Morgan fingerprint density at radius 3 is 3.00 bits per heavy atom. The third-order valence-electron chi connectivity index (χ3n) is 2.77.